The van der Waals surface area contributed by atoms with Gasteiger partial charge in [0.05, 0.1) is 0 Å². The smallest absolute Gasteiger partial charge is 0.229 e. The van der Waals surface area contributed by atoms with Crippen molar-refractivity contribution in [2.24, 2.45) is 11.7 Å². The number of aromatic nitrogens is 1. The topological polar surface area (TPSA) is 68.0 Å². The molecule has 0 saturated heterocycles. The van der Waals surface area contributed by atoms with E-state index in [2.05, 4.69) is 17.2 Å². The molecule has 2 rings (SSSR count). The van der Waals surface area contributed by atoms with Gasteiger partial charge in [-0.05, 0) is 25.7 Å². The second-order valence-electron chi connectivity index (χ2n) is 4.24. The van der Waals surface area contributed by atoms with Gasteiger partial charge in [-0.3, -0.25) is 4.79 Å². The molecule has 0 aliphatic heterocycles. The standard InChI is InChI=1S/C11H17N3OS/c1-2-9-6-13-11(16-9)14-10(15)7-3-4-8(12)5-7/h6-8H,2-5,12H2,1H3,(H,13,14,15). The molecule has 1 amide bonds. The minimum Gasteiger partial charge on any atom is -0.328 e. The minimum atomic E-state index is 0.0731. The molecule has 3 N–H and O–H groups in total. The second-order valence-corrected chi connectivity index (χ2v) is 5.36. The van der Waals surface area contributed by atoms with Gasteiger partial charge in [-0.2, -0.15) is 0 Å². The molecular weight excluding hydrogens is 222 g/mol. The number of hydrogen-bond donors (Lipinski definition) is 2. The van der Waals surface area contributed by atoms with Gasteiger partial charge in [-0.1, -0.05) is 6.92 Å². The highest BCUT2D eigenvalue weighted by Crippen LogP contribution is 2.26. The lowest BCUT2D eigenvalue weighted by atomic mass is 10.1. The first-order valence-electron chi connectivity index (χ1n) is 5.70. The van der Waals surface area contributed by atoms with Crippen LogP contribution in [0.15, 0.2) is 6.20 Å². The average Bonchev–Trinajstić information content (AvgIpc) is 2.87. The highest BCUT2D eigenvalue weighted by Gasteiger charge is 2.28. The molecule has 1 aromatic rings. The summed E-state index contributed by atoms with van der Waals surface area (Å²) in [7, 11) is 0. The summed E-state index contributed by atoms with van der Waals surface area (Å²) < 4.78 is 0. The molecule has 1 aliphatic carbocycles. The molecule has 88 valence electrons. The van der Waals surface area contributed by atoms with Crippen LogP contribution in [0.1, 0.15) is 31.1 Å². The zero-order valence-corrected chi connectivity index (χ0v) is 10.2. The fourth-order valence-electron chi connectivity index (χ4n) is 1.99. The molecule has 0 spiro atoms. The van der Waals surface area contributed by atoms with Gasteiger partial charge in [0.2, 0.25) is 5.91 Å². The summed E-state index contributed by atoms with van der Waals surface area (Å²) in [5, 5.41) is 3.58. The van der Waals surface area contributed by atoms with Crippen molar-refractivity contribution < 1.29 is 4.79 Å². The number of aryl methyl sites for hydroxylation is 1. The molecule has 1 aromatic heterocycles. The monoisotopic (exact) mass is 239 g/mol. The van der Waals surface area contributed by atoms with E-state index in [4.69, 9.17) is 5.73 Å². The minimum absolute atomic E-state index is 0.0731. The van der Waals surface area contributed by atoms with Crippen LogP contribution in [0, 0.1) is 5.92 Å². The third-order valence-electron chi connectivity index (χ3n) is 2.98. The maximum absolute atomic E-state index is 11.9. The maximum Gasteiger partial charge on any atom is 0.229 e. The summed E-state index contributed by atoms with van der Waals surface area (Å²) in [6.07, 6.45) is 5.44. The number of rotatable bonds is 3. The van der Waals surface area contributed by atoms with Crippen LogP contribution in [0.2, 0.25) is 0 Å². The van der Waals surface area contributed by atoms with E-state index in [0.29, 0.717) is 5.13 Å². The maximum atomic E-state index is 11.9. The van der Waals surface area contributed by atoms with E-state index < -0.39 is 0 Å². The zero-order valence-electron chi connectivity index (χ0n) is 9.40. The highest BCUT2D eigenvalue weighted by molar-refractivity contribution is 7.15. The summed E-state index contributed by atoms with van der Waals surface area (Å²) in [6, 6.07) is 0.193. The Morgan fingerprint density at radius 3 is 3.06 bits per heavy atom. The third kappa shape index (κ3) is 2.59. The van der Waals surface area contributed by atoms with Crippen molar-refractivity contribution >= 4 is 22.4 Å². The van der Waals surface area contributed by atoms with E-state index in [9.17, 15) is 4.79 Å². The number of amides is 1. The average molecular weight is 239 g/mol. The van der Waals surface area contributed by atoms with Gasteiger partial charge in [-0.15, -0.1) is 11.3 Å². The van der Waals surface area contributed by atoms with Crippen molar-refractivity contribution in [3.63, 3.8) is 0 Å². The highest BCUT2D eigenvalue weighted by atomic mass is 32.1. The molecule has 0 aromatic carbocycles. The number of hydrogen-bond acceptors (Lipinski definition) is 4. The van der Waals surface area contributed by atoms with E-state index in [1.54, 1.807) is 11.3 Å². The number of anilines is 1. The van der Waals surface area contributed by atoms with Crippen molar-refractivity contribution in [1.29, 1.82) is 0 Å². The third-order valence-corrected chi connectivity index (χ3v) is 4.03. The first kappa shape index (κ1) is 11.5. The zero-order chi connectivity index (χ0) is 11.5. The summed E-state index contributed by atoms with van der Waals surface area (Å²) in [4.78, 5) is 17.2. The predicted octanol–water partition coefficient (Wildman–Crippen LogP) is 1.77. The van der Waals surface area contributed by atoms with E-state index >= 15 is 0 Å². The Hall–Kier alpha value is -0.940. The quantitative estimate of drug-likeness (QED) is 0.844. The van der Waals surface area contributed by atoms with Crippen LogP contribution >= 0.6 is 11.3 Å². The Bertz CT molecular complexity index is 377. The number of nitrogens with zero attached hydrogens (tertiary/aromatic N) is 1. The van der Waals surface area contributed by atoms with Crippen LogP contribution in [0.4, 0.5) is 5.13 Å². The second kappa shape index (κ2) is 4.93. The fourth-order valence-corrected chi connectivity index (χ4v) is 2.75. The van der Waals surface area contributed by atoms with Gasteiger partial charge in [0.15, 0.2) is 5.13 Å². The molecule has 1 aliphatic rings. The van der Waals surface area contributed by atoms with E-state index in [1.165, 1.54) is 4.88 Å². The lowest BCUT2D eigenvalue weighted by Crippen LogP contribution is -2.23. The van der Waals surface area contributed by atoms with Gasteiger partial charge >= 0.3 is 0 Å². The van der Waals surface area contributed by atoms with Crippen LogP contribution in [0.3, 0.4) is 0 Å². The van der Waals surface area contributed by atoms with E-state index in [-0.39, 0.29) is 17.9 Å². The van der Waals surface area contributed by atoms with Gasteiger partial charge in [0.25, 0.3) is 0 Å². The van der Waals surface area contributed by atoms with Crippen LogP contribution < -0.4 is 11.1 Å². The first-order chi connectivity index (χ1) is 7.69. The number of carbonyl (C=O) groups is 1. The van der Waals surface area contributed by atoms with Crippen LogP contribution in [-0.2, 0) is 11.2 Å². The Labute approximate surface area is 99.3 Å². The summed E-state index contributed by atoms with van der Waals surface area (Å²) >= 11 is 1.55. The van der Waals surface area contributed by atoms with E-state index in [1.807, 2.05) is 6.20 Å². The summed E-state index contributed by atoms with van der Waals surface area (Å²) in [5.41, 5.74) is 5.79. The van der Waals surface area contributed by atoms with E-state index in [0.717, 1.165) is 25.7 Å². The van der Waals surface area contributed by atoms with Crippen molar-refractivity contribution in [3.8, 4) is 0 Å². The largest absolute Gasteiger partial charge is 0.328 e. The Kier molecular flexibility index (Phi) is 3.56. The van der Waals surface area contributed by atoms with Gasteiger partial charge in [0, 0.05) is 23.0 Å². The lowest BCUT2D eigenvalue weighted by Gasteiger charge is -2.07. The lowest BCUT2D eigenvalue weighted by molar-refractivity contribution is -0.119. The number of nitrogens with two attached hydrogens (primary N) is 1. The molecule has 2 unspecified atom stereocenters. The molecule has 16 heavy (non-hydrogen) atoms. The Balaban J connectivity index is 1.91. The van der Waals surface area contributed by atoms with Crippen LogP contribution in [-0.4, -0.2) is 16.9 Å². The van der Waals surface area contributed by atoms with Crippen molar-refractivity contribution in [1.82, 2.24) is 4.98 Å². The normalized spacial score (nSPS) is 24.6. The number of thiazole rings is 1. The molecular formula is C11H17N3OS. The molecule has 4 nitrogen and oxygen atoms in total. The SMILES string of the molecule is CCc1cnc(NC(=O)C2CCC(N)C2)s1. The van der Waals surface area contributed by atoms with Crippen molar-refractivity contribution in [2.75, 3.05) is 5.32 Å². The molecule has 2 atom stereocenters. The molecule has 1 fully saturated rings. The van der Waals surface area contributed by atoms with Gasteiger partial charge < -0.3 is 11.1 Å². The number of carbonyl (C=O) groups excluding carboxylic acids is 1. The summed E-state index contributed by atoms with van der Waals surface area (Å²) in [5.74, 6) is 0.147. The molecule has 5 heteroatoms. The Morgan fingerprint density at radius 2 is 2.50 bits per heavy atom. The molecule has 1 saturated carbocycles. The van der Waals surface area contributed by atoms with Gasteiger partial charge in [-0.25, -0.2) is 4.98 Å². The van der Waals surface area contributed by atoms with Crippen molar-refractivity contribution in [2.45, 2.75) is 38.6 Å². The van der Waals surface area contributed by atoms with Crippen LogP contribution in [0.25, 0.3) is 0 Å². The molecule has 1 heterocycles. The first-order valence-corrected chi connectivity index (χ1v) is 6.52. The number of nitrogens with one attached hydrogen (secondary N) is 1. The van der Waals surface area contributed by atoms with Gasteiger partial charge in [0.1, 0.15) is 0 Å². The molecule has 0 radical (unpaired) electrons. The van der Waals surface area contributed by atoms with Crippen LogP contribution in [0.5, 0.6) is 0 Å². The van der Waals surface area contributed by atoms with Crippen molar-refractivity contribution in [3.05, 3.63) is 11.1 Å². The predicted molar refractivity (Wildman–Crippen MR) is 65.4 cm³/mol. The summed E-state index contributed by atoms with van der Waals surface area (Å²) in [6.45, 7) is 2.08. The fraction of sp³-hybridized carbons (Fsp3) is 0.636. The Morgan fingerprint density at radius 1 is 1.69 bits per heavy atom. The molecule has 0 bridgehead atoms.